The Morgan fingerprint density at radius 2 is 1.89 bits per heavy atom. The summed E-state index contributed by atoms with van der Waals surface area (Å²) in [6.07, 6.45) is 9.42. The molecule has 0 aromatic carbocycles. The molecular formula is C27H40N2O6. The van der Waals surface area contributed by atoms with Gasteiger partial charge in [-0.1, -0.05) is 24.6 Å². The average molecular weight is 489 g/mol. The summed E-state index contributed by atoms with van der Waals surface area (Å²) in [7, 11) is 0. The van der Waals surface area contributed by atoms with Gasteiger partial charge in [0.25, 0.3) is 5.91 Å². The quantitative estimate of drug-likeness (QED) is 0.471. The number of rotatable bonds is 7. The van der Waals surface area contributed by atoms with Crippen LogP contribution in [0, 0.1) is 34.5 Å². The van der Waals surface area contributed by atoms with Gasteiger partial charge in [0, 0.05) is 5.92 Å². The Balaban J connectivity index is 1.40. The molecule has 3 saturated carbocycles. The number of Topliss-reactive ketones (excluding diaryl/α,β-unsaturated/α-hetero) is 1. The van der Waals surface area contributed by atoms with Gasteiger partial charge in [0.1, 0.15) is 5.78 Å². The summed E-state index contributed by atoms with van der Waals surface area (Å²) in [5.74, 6) is 0.604. The molecule has 0 bridgehead atoms. The fourth-order valence-electron chi connectivity index (χ4n) is 8.09. The lowest BCUT2D eigenvalue weighted by Gasteiger charge is -2.58. The molecule has 3 fully saturated rings. The second kappa shape index (κ2) is 9.68. The normalized spacial score (nSPS) is 38.9. The molecular weight excluding hydrogens is 448 g/mol. The zero-order valence-corrected chi connectivity index (χ0v) is 21.4. The average Bonchev–Trinajstić information content (AvgIpc) is 3.14. The van der Waals surface area contributed by atoms with E-state index in [1.165, 1.54) is 25.3 Å². The van der Waals surface area contributed by atoms with Crippen LogP contribution in [0.2, 0.25) is 0 Å². The van der Waals surface area contributed by atoms with Gasteiger partial charge in [0.2, 0.25) is 0 Å². The second-order valence-corrected chi connectivity index (χ2v) is 11.8. The van der Waals surface area contributed by atoms with Crippen molar-refractivity contribution in [2.24, 2.45) is 39.7 Å². The number of carboxylic acid groups (broad SMARTS) is 1. The molecule has 4 aliphatic rings. The molecule has 1 amide bonds. The van der Waals surface area contributed by atoms with Crippen molar-refractivity contribution in [3.8, 4) is 0 Å². The highest BCUT2D eigenvalue weighted by molar-refractivity contribution is 5.96. The van der Waals surface area contributed by atoms with Gasteiger partial charge in [-0.25, -0.2) is 4.79 Å². The van der Waals surface area contributed by atoms with Gasteiger partial charge in [-0.15, -0.1) is 0 Å². The van der Waals surface area contributed by atoms with Crippen molar-refractivity contribution < 1.29 is 29.4 Å². The maximum absolute atomic E-state index is 12.3. The zero-order valence-electron chi connectivity index (χ0n) is 21.4. The number of fused-ring (bicyclic) bond motifs is 5. The summed E-state index contributed by atoms with van der Waals surface area (Å²) in [6, 6.07) is -1.38. The number of aliphatic carboxylic acids is 1. The van der Waals surface area contributed by atoms with Crippen LogP contribution in [0.3, 0.4) is 0 Å². The highest BCUT2D eigenvalue weighted by atomic mass is 16.6. The van der Waals surface area contributed by atoms with Crippen LogP contribution in [0.15, 0.2) is 16.8 Å². The predicted octanol–water partition coefficient (Wildman–Crippen LogP) is 3.48. The van der Waals surface area contributed by atoms with E-state index in [2.05, 4.69) is 30.4 Å². The molecule has 8 nitrogen and oxygen atoms in total. The van der Waals surface area contributed by atoms with Gasteiger partial charge in [-0.3, -0.25) is 9.59 Å². The maximum atomic E-state index is 12.3. The minimum absolute atomic E-state index is 0.140. The fourth-order valence-corrected chi connectivity index (χ4v) is 8.09. The van der Waals surface area contributed by atoms with Crippen LogP contribution < -0.4 is 5.32 Å². The van der Waals surface area contributed by atoms with Gasteiger partial charge in [0.05, 0.1) is 11.8 Å². The van der Waals surface area contributed by atoms with E-state index in [0.29, 0.717) is 23.5 Å². The number of carbonyl (C=O) groups is 3. The van der Waals surface area contributed by atoms with Crippen LogP contribution in [0.1, 0.15) is 79.1 Å². The van der Waals surface area contributed by atoms with E-state index in [0.717, 1.165) is 44.2 Å². The molecule has 0 spiro atoms. The number of hydrogen-bond acceptors (Lipinski definition) is 6. The Morgan fingerprint density at radius 3 is 2.54 bits per heavy atom. The smallest absolute Gasteiger partial charge is 0.328 e. The Morgan fingerprint density at radius 1 is 1.14 bits per heavy atom. The summed E-state index contributed by atoms with van der Waals surface area (Å²) in [5, 5.41) is 25.0. The molecule has 8 atom stereocenters. The molecule has 0 heterocycles. The first-order chi connectivity index (χ1) is 16.5. The molecule has 0 aromatic rings. The number of hydrogen-bond donors (Lipinski definition) is 3. The lowest BCUT2D eigenvalue weighted by Crippen LogP contribution is -2.51. The SMILES string of the molecule is CC(=O)[C@H]1CC[C@H]2[C@H]3CCC4=C/C(=N\OCC(=O)N[C@H](C(=O)O)C(C)O)CC[C@]4(C)[C@H]3CC[C@]12C. The third kappa shape index (κ3) is 4.66. The molecule has 0 radical (unpaired) electrons. The largest absolute Gasteiger partial charge is 0.480 e. The van der Waals surface area contributed by atoms with Crippen molar-refractivity contribution in [1.29, 1.82) is 0 Å². The molecule has 194 valence electrons. The number of nitrogens with zero attached hydrogens (tertiary/aromatic N) is 1. The number of aliphatic hydroxyl groups is 1. The first kappa shape index (κ1) is 25.9. The van der Waals surface area contributed by atoms with Crippen molar-refractivity contribution in [3.05, 3.63) is 11.6 Å². The molecule has 1 unspecified atom stereocenters. The third-order valence-electron chi connectivity index (χ3n) is 9.91. The molecule has 35 heavy (non-hydrogen) atoms. The molecule has 0 aromatic heterocycles. The van der Waals surface area contributed by atoms with Crippen molar-refractivity contribution in [2.45, 2.75) is 91.2 Å². The standard InChI is InChI=1S/C27H40N2O6/c1-15(30)20-7-8-21-19-6-5-17-13-18(9-11-26(17,3)22(19)10-12-27(20,21)4)29-35-14-23(32)28-24(16(2)31)25(33)34/h13,16,19-22,24,31H,5-12,14H2,1-4H3,(H,28,32)(H,33,34)/b29-18-/t16?,19-,20-,21+,22+,24+,26+,27-/m1/s1. The van der Waals surface area contributed by atoms with Crippen LogP contribution in [0.25, 0.3) is 0 Å². The van der Waals surface area contributed by atoms with E-state index in [9.17, 15) is 19.5 Å². The molecule has 8 heteroatoms. The van der Waals surface area contributed by atoms with Crippen LogP contribution in [-0.4, -0.2) is 52.3 Å². The number of allylic oxidation sites excluding steroid dienone is 2. The summed E-state index contributed by atoms with van der Waals surface area (Å²) >= 11 is 0. The summed E-state index contributed by atoms with van der Waals surface area (Å²) in [5.41, 5.74) is 2.53. The zero-order chi connectivity index (χ0) is 25.5. The van der Waals surface area contributed by atoms with E-state index >= 15 is 0 Å². The van der Waals surface area contributed by atoms with E-state index in [1.54, 1.807) is 6.92 Å². The Hall–Kier alpha value is -2.22. The van der Waals surface area contributed by atoms with E-state index in [1.807, 2.05) is 0 Å². The maximum Gasteiger partial charge on any atom is 0.328 e. The number of aliphatic hydroxyl groups excluding tert-OH is 1. The fraction of sp³-hybridized carbons (Fsp3) is 0.778. The molecule has 0 saturated heterocycles. The topological polar surface area (TPSA) is 125 Å². The van der Waals surface area contributed by atoms with Crippen molar-refractivity contribution in [1.82, 2.24) is 5.32 Å². The summed E-state index contributed by atoms with van der Waals surface area (Å²) in [4.78, 5) is 40.7. The Labute approximate surface area is 207 Å². The second-order valence-electron chi connectivity index (χ2n) is 11.8. The summed E-state index contributed by atoms with van der Waals surface area (Å²) < 4.78 is 0. The van der Waals surface area contributed by atoms with Crippen molar-refractivity contribution in [2.75, 3.05) is 6.61 Å². The highest BCUT2D eigenvalue weighted by Gasteiger charge is 2.59. The Bertz CT molecular complexity index is 942. The molecule has 4 aliphatic carbocycles. The first-order valence-electron chi connectivity index (χ1n) is 13.1. The van der Waals surface area contributed by atoms with Crippen LogP contribution in [0.4, 0.5) is 0 Å². The predicted molar refractivity (Wildman–Crippen MR) is 131 cm³/mol. The number of ketones is 1. The number of carboxylic acids is 1. The van der Waals surface area contributed by atoms with Crippen LogP contribution in [0.5, 0.6) is 0 Å². The number of carbonyl (C=O) groups excluding carboxylic acids is 2. The van der Waals surface area contributed by atoms with Crippen LogP contribution in [-0.2, 0) is 19.2 Å². The Kier molecular flexibility index (Phi) is 7.15. The number of amides is 1. The van der Waals surface area contributed by atoms with Gasteiger partial charge < -0.3 is 20.4 Å². The van der Waals surface area contributed by atoms with Crippen LogP contribution >= 0.6 is 0 Å². The molecule has 0 aliphatic heterocycles. The lowest BCUT2D eigenvalue weighted by atomic mass is 9.46. The van der Waals surface area contributed by atoms with Gasteiger partial charge in [-0.05, 0) is 99.9 Å². The third-order valence-corrected chi connectivity index (χ3v) is 9.91. The van der Waals surface area contributed by atoms with E-state index < -0.39 is 30.6 Å². The van der Waals surface area contributed by atoms with E-state index in [-0.39, 0.29) is 16.7 Å². The molecule has 4 rings (SSSR count). The van der Waals surface area contributed by atoms with E-state index in [4.69, 9.17) is 9.94 Å². The lowest BCUT2D eigenvalue weighted by molar-refractivity contribution is -0.145. The number of nitrogens with one attached hydrogen (secondary N) is 1. The minimum Gasteiger partial charge on any atom is -0.480 e. The highest BCUT2D eigenvalue weighted by Crippen LogP contribution is 2.66. The van der Waals surface area contributed by atoms with Gasteiger partial charge in [0.15, 0.2) is 12.6 Å². The monoisotopic (exact) mass is 488 g/mol. The van der Waals surface area contributed by atoms with Gasteiger partial charge in [-0.2, -0.15) is 0 Å². The molecule has 3 N–H and O–H groups in total. The number of oxime groups is 1. The van der Waals surface area contributed by atoms with Crippen molar-refractivity contribution in [3.63, 3.8) is 0 Å². The first-order valence-corrected chi connectivity index (χ1v) is 13.1. The van der Waals surface area contributed by atoms with Crippen molar-refractivity contribution >= 4 is 23.4 Å². The minimum atomic E-state index is -1.38. The summed E-state index contributed by atoms with van der Waals surface area (Å²) in [6.45, 7) is 7.46. The van der Waals surface area contributed by atoms with Gasteiger partial charge >= 0.3 is 5.97 Å².